The minimum Gasteiger partial charge on any atom is -0.507 e. The van der Waals surface area contributed by atoms with E-state index in [0.29, 0.717) is 41.5 Å². The summed E-state index contributed by atoms with van der Waals surface area (Å²) in [4.78, 5) is 6.60. The number of aromatic nitrogens is 5. The van der Waals surface area contributed by atoms with Crippen molar-refractivity contribution in [3.05, 3.63) is 36.7 Å². The molecule has 8 nitrogen and oxygen atoms in total. The first-order chi connectivity index (χ1) is 16.6. The molecule has 0 spiro atoms. The monoisotopic (exact) mass is 464 g/mol. The second kappa shape index (κ2) is 9.48. The maximum absolute atomic E-state index is 14.9. The van der Waals surface area contributed by atoms with Crippen molar-refractivity contribution in [3.63, 3.8) is 0 Å². The number of aromatic hydroxyl groups is 1. The van der Waals surface area contributed by atoms with Gasteiger partial charge in [-0.25, -0.2) is 9.37 Å². The molecular formula is C25H29FN6O2. The van der Waals surface area contributed by atoms with Crippen LogP contribution in [-0.2, 0) is 0 Å². The van der Waals surface area contributed by atoms with Crippen LogP contribution in [0.1, 0.15) is 45.4 Å². The normalized spacial score (nSPS) is 22.4. The molecule has 1 aromatic carbocycles. The summed E-state index contributed by atoms with van der Waals surface area (Å²) in [5.74, 6) is 1.90. The topological polar surface area (TPSA) is 97.2 Å². The number of halogens is 1. The highest BCUT2D eigenvalue weighted by molar-refractivity contribution is 5.72. The largest absolute Gasteiger partial charge is 0.507 e. The Labute approximate surface area is 198 Å². The molecule has 2 aliphatic rings. The molecule has 2 aliphatic carbocycles. The Balaban J connectivity index is 1.39. The van der Waals surface area contributed by atoms with Crippen molar-refractivity contribution in [2.75, 3.05) is 12.0 Å². The van der Waals surface area contributed by atoms with Crippen LogP contribution in [0.3, 0.4) is 0 Å². The van der Waals surface area contributed by atoms with E-state index in [1.54, 1.807) is 30.6 Å². The number of anilines is 1. The predicted octanol–water partition coefficient (Wildman–Crippen LogP) is 4.60. The average molecular weight is 465 g/mol. The van der Waals surface area contributed by atoms with Crippen LogP contribution in [-0.4, -0.2) is 55.9 Å². The van der Waals surface area contributed by atoms with Gasteiger partial charge in [0.05, 0.1) is 31.1 Å². The first-order valence-electron chi connectivity index (χ1n) is 11.9. The van der Waals surface area contributed by atoms with Gasteiger partial charge in [-0.15, -0.1) is 15.3 Å². The summed E-state index contributed by atoms with van der Waals surface area (Å²) in [7, 11) is 1.52. The van der Waals surface area contributed by atoms with E-state index in [2.05, 4.69) is 37.2 Å². The number of hydrogen-bond donors (Lipinski definition) is 1. The number of phenols is 1. The standard InChI is InChI=1S/C25H29FN6O2/c1-3-15-4-9-20(26)21(10-15)32(18-6-7-18)23-14-27-25(31-29-23)19-8-5-16(11-22(19)33)17-12-24(34-2)30-28-13-17/h5,8,11-15,18,20-21,33H,3-4,6-7,9-10H2,1-2H3/t15-,20+,21-/m1/s1. The second-order valence-corrected chi connectivity index (χ2v) is 9.17. The van der Waals surface area contributed by atoms with Gasteiger partial charge >= 0.3 is 0 Å². The Morgan fingerprint density at radius 1 is 1.06 bits per heavy atom. The second-order valence-electron chi connectivity index (χ2n) is 9.17. The van der Waals surface area contributed by atoms with E-state index < -0.39 is 6.17 Å². The van der Waals surface area contributed by atoms with E-state index in [0.717, 1.165) is 43.2 Å². The van der Waals surface area contributed by atoms with Crippen molar-refractivity contribution >= 4 is 5.82 Å². The molecule has 0 bridgehead atoms. The molecular weight excluding hydrogens is 435 g/mol. The zero-order chi connectivity index (χ0) is 23.7. The number of rotatable bonds is 7. The van der Waals surface area contributed by atoms with Gasteiger partial charge in [0.1, 0.15) is 11.9 Å². The molecule has 3 atom stereocenters. The minimum absolute atomic E-state index is 0.0313. The Morgan fingerprint density at radius 2 is 1.91 bits per heavy atom. The average Bonchev–Trinajstić information content (AvgIpc) is 3.71. The lowest BCUT2D eigenvalue weighted by molar-refractivity contribution is 0.166. The summed E-state index contributed by atoms with van der Waals surface area (Å²) in [6.07, 6.45) is 7.95. The van der Waals surface area contributed by atoms with Crippen LogP contribution in [0, 0.1) is 5.92 Å². The van der Waals surface area contributed by atoms with Crippen molar-refractivity contribution in [2.45, 2.75) is 63.7 Å². The van der Waals surface area contributed by atoms with Crippen LogP contribution in [0.15, 0.2) is 36.7 Å². The molecule has 0 unspecified atom stereocenters. The molecule has 0 saturated heterocycles. The fraction of sp³-hybridized carbons (Fsp3) is 0.480. The third-order valence-electron chi connectivity index (χ3n) is 6.95. The van der Waals surface area contributed by atoms with Crippen molar-refractivity contribution in [1.82, 2.24) is 25.4 Å². The van der Waals surface area contributed by atoms with Gasteiger partial charge in [-0.05, 0) is 55.7 Å². The molecule has 178 valence electrons. The van der Waals surface area contributed by atoms with Gasteiger partial charge in [0, 0.05) is 17.7 Å². The number of nitrogens with zero attached hydrogens (tertiary/aromatic N) is 6. The highest BCUT2D eigenvalue weighted by Gasteiger charge is 2.41. The molecule has 3 aromatic rings. The Morgan fingerprint density at radius 3 is 2.59 bits per heavy atom. The first-order valence-corrected chi connectivity index (χ1v) is 11.9. The number of phenolic OH excluding ortho intramolecular Hbond substituents is 1. The molecule has 9 heteroatoms. The van der Waals surface area contributed by atoms with Crippen molar-refractivity contribution in [3.8, 4) is 34.1 Å². The van der Waals surface area contributed by atoms with Crippen LogP contribution in [0.5, 0.6) is 11.6 Å². The number of hydrogen-bond acceptors (Lipinski definition) is 8. The third kappa shape index (κ3) is 4.51. The zero-order valence-electron chi connectivity index (χ0n) is 19.4. The molecule has 0 radical (unpaired) electrons. The molecule has 5 rings (SSSR count). The van der Waals surface area contributed by atoms with E-state index >= 15 is 0 Å². The molecule has 34 heavy (non-hydrogen) atoms. The van der Waals surface area contributed by atoms with E-state index in [9.17, 15) is 9.50 Å². The minimum atomic E-state index is -0.859. The molecule has 1 N–H and O–H groups in total. The first kappa shape index (κ1) is 22.4. The van der Waals surface area contributed by atoms with E-state index in [4.69, 9.17) is 4.74 Å². The number of benzene rings is 1. The highest BCUT2D eigenvalue weighted by Crippen LogP contribution is 2.40. The fourth-order valence-electron chi connectivity index (χ4n) is 4.85. The smallest absolute Gasteiger partial charge is 0.233 e. The van der Waals surface area contributed by atoms with E-state index in [-0.39, 0.29) is 11.8 Å². The predicted molar refractivity (Wildman–Crippen MR) is 126 cm³/mol. The Bertz CT molecular complexity index is 1140. The van der Waals surface area contributed by atoms with Crippen molar-refractivity contribution in [1.29, 1.82) is 0 Å². The van der Waals surface area contributed by atoms with Crippen LogP contribution >= 0.6 is 0 Å². The van der Waals surface area contributed by atoms with E-state index in [1.807, 2.05) is 6.07 Å². The summed E-state index contributed by atoms with van der Waals surface area (Å²) in [6, 6.07) is 7.09. The number of ether oxygens (including phenoxy) is 1. The number of methoxy groups -OCH3 is 1. The van der Waals surface area contributed by atoms with Gasteiger partial charge in [0.2, 0.25) is 5.88 Å². The fourth-order valence-corrected chi connectivity index (χ4v) is 4.85. The van der Waals surface area contributed by atoms with Gasteiger partial charge in [-0.3, -0.25) is 0 Å². The third-order valence-corrected chi connectivity index (χ3v) is 6.95. The Kier molecular flexibility index (Phi) is 6.26. The summed E-state index contributed by atoms with van der Waals surface area (Å²) in [6.45, 7) is 2.18. The van der Waals surface area contributed by atoms with Crippen molar-refractivity contribution < 1.29 is 14.2 Å². The molecule has 2 aromatic heterocycles. The Hall–Kier alpha value is -3.36. The van der Waals surface area contributed by atoms with Crippen LogP contribution in [0.2, 0.25) is 0 Å². The van der Waals surface area contributed by atoms with Gasteiger partial charge in [0.15, 0.2) is 11.6 Å². The zero-order valence-corrected chi connectivity index (χ0v) is 19.4. The molecule has 2 fully saturated rings. The lowest BCUT2D eigenvalue weighted by Gasteiger charge is -2.40. The SMILES string of the molecule is CC[C@@H]1CC[C@H](F)[C@H](N(c2cnc(-c3ccc(-c4cnnc(OC)c4)cc3O)nn2)C2CC2)C1. The van der Waals surface area contributed by atoms with Gasteiger partial charge in [-0.1, -0.05) is 19.4 Å². The van der Waals surface area contributed by atoms with Crippen LogP contribution in [0.4, 0.5) is 10.2 Å². The lowest BCUT2D eigenvalue weighted by atomic mass is 9.82. The number of alkyl halides is 1. The summed E-state index contributed by atoms with van der Waals surface area (Å²) < 4.78 is 20.1. The van der Waals surface area contributed by atoms with Gasteiger partial charge in [0.25, 0.3) is 0 Å². The molecule has 2 saturated carbocycles. The maximum atomic E-state index is 14.9. The lowest BCUT2D eigenvalue weighted by Crippen LogP contribution is -2.47. The van der Waals surface area contributed by atoms with Crippen LogP contribution in [0.25, 0.3) is 22.5 Å². The maximum Gasteiger partial charge on any atom is 0.233 e. The van der Waals surface area contributed by atoms with Gasteiger partial charge in [-0.2, -0.15) is 5.10 Å². The summed E-state index contributed by atoms with van der Waals surface area (Å²) in [5, 5.41) is 27.2. The quantitative estimate of drug-likeness (QED) is 0.542. The molecule has 2 heterocycles. The summed E-state index contributed by atoms with van der Waals surface area (Å²) >= 11 is 0. The van der Waals surface area contributed by atoms with Crippen LogP contribution < -0.4 is 9.64 Å². The van der Waals surface area contributed by atoms with Gasteiger partial charge < -0.3 is 14.7 Å². The van der Waals surface area contributed by atoms with Crippen molar-refractivity contribution in [2.24, 2.45) is 5.92 Å². The molecule has 0 amide bonds. The van der Waals surface area contributed by atoms with E-state index in [1.165, 1.54) is 7.11 Å². The molecule has 0 aliphatic heterocycles. The highest BCUT2D eigenvalue weighted by atomic mass is 19.1. The summed E-state index contributed by atoms with van der Waals surface area (Å²) in [5.41, 5.74) is 2.00.